The molecule has 3 aromatic rings. The van der Waals surface area contributed by atoms with Crippen LogP contribution in [0.4, 0.5) is 16.0 Å². The van der Waals surface area contributed by atoms with Crippen molar-refractivity contribution in [1.82, 2.24) is 9.97 Å². The van der Waals surface area contributed by atoms with E-state index in [1.807, 2.05) is 5.38 Å². The summed E-state index contributed by atoms with van der Waals surface area (Å²) in [5, 5.41) is 20.0. The van der Waals surface area contributed by atoms with E-state index in [0.29, 0.717) is 16.0 Å². The number of fused-ring (bicyclic) bond motifs is 1. The highest BCUT2D eigenvalue weighted by molar-refractivity contribution is 7.16. The minimum Gasteiger partial charge on any atom is -0.352 e. The first kappa shape index (κ1) is 24.3. The monoisotopic (exact) mass is 499 g/mol. The summed E-state index contributed by atoms with van der Waals surface area (Å²) in [6, 6.07) is 6.26. The van der Waals surface area contributed by atoms with Gasteiger partial charge >= 0.3 is 0 Å². The Labute approximate surface area is 207 Å². The molecule has 0 atom stereocenters. The van der Waals surface area contributed by atoms with E-state index in [9.17, 15) is 14.9 Å². The van der Waals surface area contributed by atoms with E-state index in [0.717, 1.165) is 30.5 Å². The van der Waals surface area contributed by atoms with E-state index in [2.05, 4.69) is 15.6 Å². The van der Waals surface area contributed by atoms with Crippen LogP contribution in [0.15, 0.2) is 29.6 Å². The number of nitrogens with zero attached hydrogens (tertiary/aromatic N) is 3. The highest BCUT2D eigenvalue weighted by atomic mass is 32.1. The van der Waals surface area contributed by atoms with E-state index in [-0.39, 0.29) is 18.1 Å². The second-order valence-electron chi connectivity index (χ2n) is 8.46. The molecule has 1 amide bonds. The number of nitro groups is 1. The molecule has 1 aliphatic carbocycles. The summed E-state index contributed by atoms with van der Waals surface area (Å²) in [5.41, 5.74) is 2.70. The molecule has 34 heavy (non-hydrogen) atoms. The molecule has 2 N–H and O–H groups in total. The largest absolute Gasteiger partial charge is 0.352 e. The number of aromatic nitrogens is 2. The molecule has 0 bridgehead atoms. The number of carbonyl (C=O) groups is 1. The highest BCUT2D eigenvalue weighted by Gasteiger charge is 2.14. The van der Waals surface area contributed by atoms with Gasteiger partial charge in [-0.15, -0.1) is 22.7 Å². The standard InChI is InChI=1S/C24H29N5O3S2/c30-22(15-25-23-27-20(16-33-23)17-11-13-18(14-12-17)29(31)32)28-24-26-19-9-7-5-3-1-2-4-6-8-10-21(19)34-24/h11-14,16H,1-10,15H2,(H,25,27)(H,26,28,30). The molecule has 2 aromatic heterocycles. The number of hydrogen-bond acceptors (Lipinski definition) is 8. The van der Waals surface area contributed by atoms with Crippen molar-refractivity contribution in [3.8, 4) is 11.3 Å². The summed E-state index contributed by atoms with van der Waals surface area (Å²) in [6.45, 7) is 0.0947. The van der Waals surface area contributed by atoms with Gasteiger partial charge in [0.2, 0.25) is 5.91 Å². The lowest BCUT2D eigenvalue weighted by Crippen LogP contribution is -2.21. The molecule has 0 aliphatic heterocycles. The molecule has 8 nitrogen and oxygen atoms in total. The summed E-state index contributed by atoms with van der Waals surface area (Å²) in [6.07, 6.45) is 12.2. The molecule has 0 spiro atoms. The number of amides is 1. The van der Waals surface area contributed by atoms with Crippen LogP contribution in [-0.2, 0) is 17.6 Å². The minimum absolute atomic E-state index is 0.0428. The number of aryl methyl sites for hydroxylation is 2. The second-order valence-corrected chi connectivity index (χ2v) is 10.4. The van der Waals surface area contributed by atoms with Gasteiger partial charge < -0.3 is 10.6 Å². The first-order valence-corrected chi connectivity index (χ1v) is 13.5. The molecule has 0 saturated heterocycles. The van der Waals surface area contributed by atoms with Crippen molar-refractivity contribution in [2.45, 2.75) is 64.2 Å². The number of thiazole rings is 2. The quantitative estimate of drug-likeness (QED) is 0.298. The van der Waals surface area contributed by atoms with Crippen LogP contribution < -0.4 is 10.6 Å². The minimum atomic E-state index is -0.427. The van der Waals surface area contributed by atoms with Crippen LogP contribution in [0.2, 0.25) is 0 Å². The van der Waals surface area contributed by atoms with Gasteiger partial charge in [-0.05, 0) is 37.8 Å². The lowest BCUT2D eigenvalue weighted by molar-refractivity contribution is -0.384. The van der Waals surface area contributed by atoms with Gasteiger partial charge in [-0.1, -0.05) is 38.5 Å². The zero-order valence-corrected chi connectivity index (χ0v) is 20.7. The van der Waals surface area contributed by atoms with Crippen LogP contribution in [0.5, 0.6) is 0 Å². The summed E-state index contributed by atoms with van der Waals surface area (Å²) in [5.74, 6) is -0.156. The van der Waals surface area contributed by atoms with E-state index in [1.165, 1.54) is 73.3 Å². The maximum absolute atomic E-state index is 12.5. The van der Waals surface area contributed by atoms with Crippen molar-refractivity contribution in [2.24, 2.45) is 0 Å². The Hall–Kier alpha value is -2.85. The highest BCUT2D eigenvalue weighted by Crippen LogP contribution is 2.28. The zero-order chi connectivity index (χ0) is 23.8. The van der Waals surface area contributed by atoms with Crippen molar-refractivity contribution >= 4 is 44.5 Å². The molecule has 0 radical (unpaired) electrons. The molecular formula is C24H29N5O3S2. The Morgan fingerprint density at radius 1 is 0.941 bits per heavy atom. The van der Waals surface area contributed by atoms with Crippen LogP contribution in [0.25, 0.3) is 11.3 Å². The van der Waals surface area contributed by atoms with Crippen molar-refractivity contribution < 1.29 is 9.72 Å². The van der Waals surface area contributed by atoms with Crippen LogP contribution >= 0.6 is 22.7 Å². The van der Waals surface area contributed by atoms with E-state index < -0.39 is 4.92 Å². The Balaban J connectivity index is 1.31. The zero-order valence-electron chi connectivity index (χ0n) is 19.0. The van der Waals surface area contributed by atoms with Gasteiger partial charge in [0.05, 0.1) is 22.9 Å². The average molecular weight is 500 g/mol. The molecule has 0 unspecified atom stereocenters. The first-order chi connectivity index (χ1) is 16.6. The lowest BCUT2D eigenvalue weighted by Gasteiger charge is -2.06. The Morgan fingerprint density at radius 2 is 1.62 bits per heavy atom. The van der Waals surface area contributed by atoms with Crippen molar-refractivity contribution in [2.75, 3.05) is 17.2 Å². The molecule has 10 heteroatoms. The Morgan fingerprint density at radius 3 is 2.32 bits per heavy atom. The van der Waals surface area contributed by atoms with E-state index >= 15 is 0 Å². The van der Waals surface area contributed by atoms with Gasteiger partial charge in [-0.3, -0.25) is 14.9 Å². The van der Waals surface area contributed by atoms with E-state index in [4.69, 9.17) is 4.98 Å². The molecule has 1 aliphatic rings. The third kappa shape index (κ3) is 6.83. The number of non-ortho nitro benzene ring substituents is 1. The number of rotatable bonds is 6. The van der Waals surface area contributed by atoms with Gasteiger partial charge in [0, 0.05) is 28.0 Å². The summed E-state index contributed by atoms with van der Waals surface area (Å²) < 4.78 is 0. The van der Waals surface area contributed by atoms with Crippen LogP contribution in [0.3, 0.4) is 0 Å². The number of nitrogens with one attached hydrogen (secondary N) is 2. The third-order valence-corrected chi connectivity index (χ3v) is 7.74. The fourth-order valence-corrected chi connectivity index (χ4v) is 5.81. The second kappa shape index (κ2) is 12.0. The number of anilines is 2. The van der Waals surface area contributed by atoms with Gasteiger partial charge in [-0.25, -0.2) is 9.97 Å². The fourth-order valence-electron chi connectivity index (χ4n) is 4.03. The fraction of sp³-hybridized carbons (Fsp3) is 0.458. The van der Waals surface area contributed by atoms with Crippen molar-refractivity contribution in [3.05, 3.63) is 50.3 Å². The van der Waals surface area contributed by atoms with Crippen LogP contribution in [0.1, 0.15) is 61.9 Å². The predicted octanol–water partition coefficient (Wildman–Crippen LogP) is 6.44. The maximum atomic E-state index is 12.5. The maximum Gasteiger partial charge on any atom is 0.269 e. The van der Waals surface area contributed by atoms with Crippen LogP contribution in [-0.4, -0.2) is 27.3 Å². The summed E-state index contributed by atoms with van der Waals surface area (Å²) in [4.78, 5) is 33.4. The third-order valence-electron chi connectivity index (χ3n) is 5.87. The van der Waals surface area contributed by atoms with Gasteiger partial charge in [0.15, 0.2) is 10.3 Å². The predicted molar refractivity (Wildman–Crippen MR) is 138 cm³/mol. The van der Waals surface area contributed by atoms with E-state index in [1.54, 1.807) is 23.5 Å². The topological polar surface area (TPSA) is 110 Å². The summed E-state index contributed by atoms with van der Waals surface area (Å²) in [7, 11) is 0. The molecule has 2 heterocycles. The SMILES string of the molecule is O=C(CNc1nc(-c2ccc([N+](=O)[O-])cc2)cs1)Nc1nc2c(s1)CCCCCCCCCC2. The molecule has 0 saturated carbocycles. The number of hydrogen-bond donors (Lipinski definition) is 2. The van der Waals surface area contributed by atoms with Gasteiger partial charge in [0.1, 0.15) is 0 Å². The van der Waals surface area contributed by atoms with Gasteiger partial charge in [0.25, 0.3) is 5.69 Å². The Bertz CT molecular complexity index is 1080. The van der Waals surface area contributed by atoms with Gasteiger partial charge in [-0.2, -0.15) is 0 Å². The number of nitro benzene ring substituents is 1. The van der Waals surface area contributed by atoms with Crippen LogP contribution in [0, 0.1) is 10.1 Å². The normalized spacial score (nSPS) is 14.9. The first-order valence-electron chi connectivity index (χ1n) is 11.8. The number of benzene rings is 1. The van der Waals surface area contributed by atoms with Crippen molar-refractivity contribution in [1.29, 1.82) is 0 Å². The molecule has 4 rings (SSSR count). The molecule has 0 fully saturated rings. The summed E-state index contributed by atoms with van der Waals surface area (Å²) >= 11 is 3.00. The smallest absolute Gasteiger partial charge is 0.269 e. The molecular weight excluding hydrogens is 470 g/mol. The van der Waals surface area contributed by atoms with Crippen molar-refractivity contribution in [3.63, 3.8) is 0 Å². The lowest BCUT2D eigenvalue weighted by atomic mass is 10.0. The Kier molecular flexibility index (Phi) is 8.59. The molecule has 1 aromatic carbocycles. The number of carbonyl (C=O) groups excluding carboxylic acids is 1. The average Bonchev–Trinajstić information content (AvgIpc) is 3.45. The molecule has 180 valence electrons.